The average molecular weight is 553 g/mol. The van der Waals surface area contributed by atoms with E-state index in [1.54, 1.807) is 19.9 Å². The van der Waals surface area contributed by atoms with Crippen molar-refractivity contribution in [2.75, 3.05) is 6.61 Å². The Balaban J connectivity index is 1.62. The van der Waals surface area contributed by atoms with Crippen LogP contribution in [-0.4, -0.2) is 12.6 Å². The molecular formula is C26H17Cl2F3O6. The largest absolute Gasteiger partial charge is 0.480 e. The van der Waals surface area contributed by atoms with Gasteiger partial charge in [0.2, 0.25) is 11.2 Å². The SMILES string of the molecule is Cc1cc(C)cc(Oc2c(C(F)(F)F)oc3cc(OC(=O)COc4ccc(Cl)cc4Cl)ccc3c2=O)c1. The highest BCUT2D eigenvalue weighted by molar-refractivity contribution is 6.35. The number of alkyl halides is 3. The molecule has 1 aromatic heterocycles. The van der Waals surface area contributed by atoms with Crippen LogP contribution in [0.1, 0.15) is 16.9 Å². The molecule has 0 fully saturated rings. The fourth-order valence-corrected chi connectivity index (χ4v) is 3.96. The molecule has 4 rings (SSSR count). The molecule has 0 N–H and O–H groups in total. The molecule has 192 valence electrons. The summed E-state index contributed by atoms with van der Waals surface area (Å²) in [6, 6.07) is 12.6. The van der Waals surface area contributed by atoms with E-state index < -0.39 is 41.3 Å². The summed E-state index contributed by atoms with van der Waals surface area (Å²) in [5.41, 5.74) is -0.00611. The monoisotopic (exact) mass is 552 g/mol. The van der Waals surface area contributed by atoms with E-state index in [9.17, 15) is 22.8 Å². The van der Waals surface area contributed by atoms with Gasteiger partial charge in [-0.2, -0.15) is 13.2 Å². The van der Waals surface area contributed by atoms with E-state index in [-0.39, 0.29) is 27.7 Å². The Kier molecular flexibility index (Phi) is 7.38. The number of carbonyl (C=O) groups excluding carboxylic acids is 1. The van der Waals surface area contributed by atoms with Gasteiger partial charge in [0.15, 0.2) is 6.61 Å². The first-order chi connectivity index (χ1) is 17.4. The number of carbonyl (C=O) groups is 1. The van der Waals surface area contributed by atoms with Crippen molar-refractivity contribution in [1.29, 1.82) is 0 Å². The van der Waals surface area contributed by atoms with Crippen LogP contribution in [0.15, 0.2) is 63.8 Å². The zero-order chi connectivity index (χ0) is 26.9. The van der Waals surface area contributed by atoms with Crippen LogP contribution in [0.5, 0.6) is 23.0 Å². The molecule has 0 radical (unpaired) electrons. The fourth-order valence-electron chi connectivity index (χ4n) is 3.50. The Morgan fingerprint density at radius 2 is 1.65 bits per heavy atom. The molecule has 0 spiro atoms. The lowest BCUT2D eigenvalue weighted by Gasteiger charge is -2.14. The van der Waals surface area contributed by atoms with Gasteiger partial charge in [0.05, 0.1) is 10.4 Å². The number of halogens is 5. The summed E-state index contributed by atoms with van der Waals surface area (Å²) in [6.45, 7) is 2.93. The minimum atomic E-state index is -5.04. The van der Waals surface area contributed by atoms with E-state index in [1.165, 1.54) is 42.5 Å². The van der Waals surface area contributed by atoms with Gasteiger partial charge in [-0.25, -0.2) is 4.79 Å². The Morgan fingerprint density at radius 1 is 0.946 bits per heavy atom. The summed E-state index contributed by atoms with van der Waals surface area (Å²) in [5, 5.41) is 0.348. The molecule has 3 aromatic carbocycles. The third-order valence-electron chi connectivity index (χ3n) is 4.97. The van der Waals surface area contributed by atoms with E-state index >= 15 is 0 Å². The van der Waals surface area contributed by atoms with Gasteiger partial charge in [-0.1, -0.05) is 29.3 Å². The molecule has 0 aliphatic rings. The second kappa shape index (κ2) is 10.4. The Morgan fingerprint density at radius 3 is 2.30 bits per heavy atom. The second-order valence-corrected chi connectivity index (χ2v) is 8.85. The van der Waals surface area contributed by atoms with Gasteiger partial charge in [-0.05, 0) is 67.4 Å². The number of fused-ring (bicyclic) bond motifs is 1. The van der Waals surface area contributed by atoms with Crippen LogP contribution in [0.3, 0.4) is 0 Å². The number of hydrogen-bond donors (Lipinski definition) is 0. The molecule has 0 unspecified atom stereocenters. The highest BCUT2D eigenvalue weighted by atomic mass is 35.5. The normalized spacial score (nSPS) is 11.4. The van der Waals surface area contributed by atoms with Gasteiger partial charge in [0, 0.05) is 11.1 Å². The number of rotatable bonds is 6. The predicted molar refractivity (Wildman–Crippen MR) is 131 cm³/mol. The molecular weight excluding hydrogens is 536 g/mol. The van der Waals surface area contributed by atoms with Gasteiger partial charge in [-0.15, -0.1) is 0 Å². The third kappa shape index (κ3) is 6.18. The molecule has 0 aliphatic carbocycles. The maximum absolute atomic E-state index is 13.8. The van der Waals surface area contributed by atoms with Gasteiger partial charge in [0.25, 0.3) is 5.76 Å². The van der Waals surface area contributed by atoms with Crippen molar-refractivity contribution in [3.05, 3.63) is 91.8 Å². The van der Waals surface area contributed by atoms with Crippen molar-refractivity contribution in [3.63, 3.8) is 0 Å². The predicted octanol–water partition coefficient (Wildman–Crippen LogP) is 7.51. The fraction of sp³-hybridized carbons (Fsp3) is 0.154. The van der Waals surface area contributed by atoms with Gasteiger partial charge >= 0.3 is 12.1 Å². The lowest BCUT2D eigenvalue weighted by atomic mass is 10.1. The number of hydrogen-bond acceptors (Lipinski definition) is 6. The van der Waals surface area contributed by atoms with Gasteiger partial charge in [0.1, 0.15) is 22.8 Å². The number of aryl methyl sites for hydroxylation is 2. The van der Waals surface area contributed by atoms with Crippen LogP contribution < -0.4 is 19.6 Å². The maximum Gasteiger partial charge on any atom is 0.453 e. The van der Waals surface area contributed by atoms with Crippen molar-refractivity contribution in [3.8, 4) is 23.0 Å². The molecule has 0 saturated heterocycles. The standard InChI is InChI=1S/C26H17Cl2F3O6/c1-13-7-14(2)9-17(8-13)36-24-23(33)18-5-4-16(11-21(18)37-25(24)26(29,30)31)35-22(32)12-34-20-6-3-15(27)10-19(20)28/h3-11H,12H2,1-2H3. The minimum absolute atomic E-state index is 0.0565. The maximum atomic E-state index is 13.8. The molecule has 11 heteroatoms. The molecule has 0 atom stereocenters. The summed E-state index contributed by atoms with van der Waals surface area (Å²) < 4.78 is 62.3. The van der Waals surface area contributed by atoms with E-state index in [1.807, 2.05) is 0 Å². The first-order valence-corrected chi connectivity index (χ1v) is 11.4. The molecule has 4 aromatic rings. The van der Waals surface area contributed by atoms with E-state index in [0.717, 1.165) is 17.2 Å². The average Bonchev–Trinajstić information content (AvgIpc) is 2.79. The number of benzene rings is 3. The van der Waals surface area contributed by atoms with Crippen LogP contribution in [0.2, 0.25) is 10.0 Å². The van der Waals surface area contributed by atoms with Crippen molar-refractivity contribution in [1.82, 2.24) is 0 Å². The van der Waals surface area contributed by atoms with Crippen molar-refractivity contribution in [2.24, 2.45) is 0 Å². The Labute approximate surface area is 218 Å². The van der Waals surface area contributed by atoms with Crippen LogP contribution in [0.25, 0.3) is 11.0 Å². The summed E-state index contributed by atoms with van der Waals surface area (Å²) in [4.78, 5) is 25.2. The van der Waals surface area contributed by atoms with Gasteiger partial charge < -0.3 is 18.6 Å². The number of esters is 1. The Hall–Kier alpha value is -3.69. The highest BCUT2D eigenvalue weighted by Crippen LogP contribution is 2.39. The zero-order valence-electron chi connectivity index (χ0n) is 19.2. The van der Waals surface area contributed by atoms with Crippen molar-refractivity contribution >= 4 is 40.1 Å². The lowest BCUT2D eigenvalue weighted by Crippen LogP contribution is -2.18. The first kappa shape index (κ1) is 26.4. The topological polar surface area (TPSA) is 75.0 Å². The van der Waals surface area contributed by atoms with Crippen LogP contribution in [-0.2, 0) is 11.0 Å². The molecule has 1 heterocycles. The molecule has 6 nitrogen and oxygen atoms in total. The van der Waals surface area contributed by atoms with E-state index in [4.69, 9.17) is 41.8 Å². The van der Waals surface area contributed by atoms with E-state index in [2.05, 4.69) is 0 Å². The summed E-state index contributed by atoms with van der Waals surface area (Å²) in [6.07, 6.45) is -5.04. The van der Waals surface area contributed by atoms with Crippen LogP contribution in [0, 0.1) is 13.8 Å². The van der Waals surface area contributed by atoms with Crippen LogP contribution in [0.4, 0.5) is 13.2 Å². The second-order valence-electron chi connectivity index (χ2n) is 8.01. The molecule has 0 saturated carbocycles. The highest BCUT2D eigenvalue weighted by Gasteiger charge is 2.40. The summed E-state index contributed by atoms with van der Waals surface area (Å²) in [7, 11) is 0. The Bertz CT molecular complexity index is 1540. The molecule has 0 bridgehead atoms. The summed E-state index contributed by atoms with van der Waals surface area (Å²) >= 11 is 11.8. The van der Waals surface area contributed by atoms with Crippen molar-refractivity contribution < 1.29 is 36.6 Å². The first-order valence-electron chi connectivity index (χ1n) is 10.6. The molecule has 37 heavy (non-hydrogen) atoms. The smallest absolute Gasteiger partial charge is 0.453 e. The summed E-state index contributed by atoms with van der Waals surface area (Å²) in [5.74, 6) is -3.42. The zero-order valence-corrected chi connectivity index (χ0v) is 20.8. The van der Waals surface area contributed by atoms with Gasteiger partial charge in [-0.3, -0.25) is 4.79 Å². The van der Waals surface area contributed by atoms with E-state index in [0.29, 0.717) is 5.02 Å². The van der Waals surface area contributed by atoms with Crippen molar-refractivity contribution in [2.45, 2.75) is 20.0 Å². The van der Waals surface area contributed by atoms with Crippen LogP contribution >= 0.6 is 23.2 Å². The molecule has 0 amide bonds. The third-order valence-corrected chi connectivity index (χ3v) is 5.50. The minimum Gasteiger partial charge on any atom is -0.480 e. The lowest BCUT2D eigenvalue weighted by molar-refractivity contribution is -0.154. The quantitative estimate of drug-likeness (QED) is 0.182. The number of ether oxygens (including phenoxy) is 3. The molecule has 0 aliphatic heterocycles.